The van der Waals surface area contributed by atoms with Gasteiger partial charge in [0, 0.05) is 16.0 Å². The third kappa shape index (κ3) is 2.33. The summed E-state index contributed by atoms with van der Waals surface area (Å²) >= 11 is 2.30. The molecule has 0 radical (unpaired) electrons. The van der Waals surface area contributed by atoms with E-state index in [0.717, 1.165) is 26.2 Å². The summed E-state index contributed by atoms with van der Waals surface area (Å²) in [4.78, 5) is 3.99. The van der Waals surface area contributed by atoms with Crippen LogP contribution in [0.2, 0.25) is 0 Å². The van der Waals surface area contributed by atoms with Crippen molar-refractivity contribution in [1.82, 2.24) is 4.98 Å². The van der Waals surface area contributed by atoms with E-state index in [0.29, 0.717) is 6.79 Å². The highest BCUT2D eigenvalue weighted by Gasteiger charge is 2.14. The Labute approximate surface area is 119 Å². The molecule has 0 unspecified atom stereocenters. The minimum Gasteiger partial charge on any atom is -0.454 e. The van der Waals surface area contributed by atoms with Crippen LogP contribution >= 0.6 is 22.6 Å². The molecule has 0 fully saturated rings. The first kappa shape index (κ1) is 11.5. The van der Waals surface area contributed by atoms with Gasteiger partial charge in [-0.25, -0.2) is 0 Å². The Morgan fingerprint density at radius 1 is 1.06 bits per heavy atom. The van der Waals surface area contributed by atoms with Crippen molar-refractivity contribution in [1.29, 1.82) is 0 Å². The second-order valence-electron chi connectivity index (χ2n) is 3.84. The van der Waals surface area contributed by atoms with Crippen LogP contribution in [0, 0.1) is 3.57 Å². The zero-order chi connectivity index (χ0) is 12.4. The second kappa shape index (κ2) is 4.97. The zero-order valence-corrected chi connectivity index (χ0v) is 11.6. The van der Waals surface area contributed by atoms with Crippen molar-refractivity contribution in [3.8, 4) is 11.5 Å². The molecule has 4 heteroatoms. The summed E-state index contributed by atoms with van der Waals surface area (Å²) in [6.45, 7) is 0.308. The molecule has 0 spiro atoms. The Morgan fingerprint density at radius 2 is 1.78 bits per heavy atom. The predicted molar refractivity (Wildman–Crippen MR) is 78.4 cm³/mol. The van der Waals surface area contributed by atoms with E-state index in [1.54, 1.807) is 12.4 Å². The number of fused-ring (bicyclic) bond motifs is 1. The number of pyridine rings is 1. The maximum Gasteiger partial charge on any atom is 0.231 e. The van der Waals surface area contributed by atoms with E-state index in [9.17, 15) is 0 Å². The summed E-state index contributed by atoms with van der Waals surface area (Å²) in [7, 11) is 0. The lowest BCUT2D eigenvalue weighted by molar-refractivity contribution is 0.174. The lowest BCUT2D eigenvalue weighted by atomic mass is 10.1. The van der Waals surface area contributed by atoms with Crippen molar-refractivity contribution in [2.24, 2.45) is 0 Å². The Balaban J connectivity index is 1.91. The SMILES string of the molecule is Ic1cc2c(cc1/C=C\c1ccncc1)OCO2. The Hall–Kier alpha value is -1.56. The van der Waals surface area contributed by atoms with Crippen molar-refractivity contribution < 1.29 is 9.47 Å². The highest BCUT2D eigenvalue weighted by atomic mass is 127. The molecule has 0 aliphatic carbocycles. The Kier molecular flexibility index (Phi) is 3.19. The lowest BCUT2D eigenvalue weighted by Crippen LogP contribution is -1.92. The number of halogens is 1. The van der Waals surface area contributed by atoms with Crippen molar-refractivity contribution in [2.75, 3.05) is 6.79 Å². The van der Waals surface area contributed by atoms with Crippen LogP contribution in [0.25, 0.3) is 12.2 Å². The lowest BCUT2D eigenvalue weighted by Gasteiger charge is -2.01. The van der Waals surface area contributed by atoms with E-state index in [-0.39, 0.29) is 0 Å². The van der Waals surface area contributed by atoms with Crippen molar-refractivity contribution in [2.45, 2.75) is 0 Å². The normalized spacial score (nSPS) is 13.2. The number of benzene rings is 1. The van der Waals surface area contributed by atoms with Gasteiger partial charge in [0.15, 0.2) is 11.5 Å². The molecule has 0 amide bonds. The van der Waals surface area contributed by atoms with Gasteiger partial charge in [0.1, 0.15) is 0 Å². The molecular weight excluding hydrogens is 341 g/mol. The molecule has 0 saturated carbocycles. The predicted octanol–water partition coefficient (Wildman–Crippen LogP) is 3.59. The summed E-state index contributed by atoms with van der Waals surface area (Å²) in [6, 6.07) is 7.93. The summed E-state index contributed by atoms with van der Waals surface area (Å²) in [5.41, 5.74) is 2.25. The van der Waals surface area contributed by atoms with Gasteiger partial charge in [0.2, 0.25) is 6.79 Å². The molecule has 0 N–H and O–H groups in total. The third-order valence-corrected chi connectivity index (χ3v) is 3.59. The van der Waals surface area contributed by atoms with Crippen LogP contribution in [0.15, 0.2) is 36.7 Å². The molecule has 2 heterocycles. The Bertz CT molecular complexity index is 596. The first-order valence-electron chi connectivity index (χ1n) is 5.50. The Morgan fingerprint density at radius 3 is 2.56 bits per heavy atom. The number of hydrogen-bond acceptors (Lipinski definition) is 3. The smallest absolute Gasteiger partial charge is 0.231 e. The summed E-state index contributed by atoms with van der Waals surface area (Å²) in [6.07, 6.45) is 7.69. The topological polar surface area (TPSA) is 31.4 Å². The van der Waals surface area contributed by atoms with Gasteiger partial charge in [-0.2, -0.15) is 0 Å². The minimum atomic E-state index is 0.308. The molecule has 2 aromatic rings. The highest BCUT2D eigenvalue weighted by molar-refractivity contribution is 14.1. The van der Waals surface area contributed by atoms with E-state index in [1.165, 1.54) is 0 Å². The van der Waals surface area contributed by atoms with Gasteiger partial charge in [-0.3, -0.25) is 4.98 Å². The number of hydrogen-bond donors (Lipinski definition) is 0. The van der Waals surface area contributed by atoms with Gasteiger partial charge >= 0.3 is 0 Å². The molecular formula is C14H10INO2. The number of ether oxygens (including phenoxy) is 2. The largest absolute Gasteiger partial charge is 0.454 e. The van der Waals surface area contributed by atoms with Crippen LogP contribution in [-0.4, -0.2) is 11.8 Å². The third-order valence-electron chi connectivity index (χ3n) is 2.65. The average Bonchev–Trinajstić information content (AvgIpc) is 2.84. The van der Waals surface area contributed by atoms with Crippen molar-refractivity contribution in [3.63, 3.8) is 0 Å². The van der Waals surface area contributed by atoms with E-state index in [2.05, 4.69) is 39.7 Å². The van der Waals surface area contributed by atoms with Gasteiger partial charge in [-0.15, -0.1) is 0 Å². The number of aromatic nitrogens is 1. The van der Waals surface area contributed by atoms with Gasteiger partial charge in [0.25, 0.3) is 0 Å². The van der Waals surface area contributed by atoms with Gasteiger partial charge in [-0.05, 0) is 58.0 Å². The molecule has 3 nitrogen and oxygen atoms in total. The fourth-order valence-electron chi connectivity index (χ4n) is 1.72. The molecule has 0 atom stereocenters. The van der Waals surface area contributed by atoms with E-state index < -0.39 is 0 Å². The van der Waals surface area contributed by atoms with Gasteiger partial charge in [-0.1, -0.05) is 12.2 Å². The van der Waals surface area contributed by atoms with E-state index in [1.807, 2.05) is 24.3 Å². The monoisotopic (exact) mass is 351 g/mol. The molecule has 0 bridgehead atoms. The van der Waals surface area contributed by atoms with Crippen LogP contribution in [0.1, 0.15) is 11.1 Å². The maximum absolute atomic E-state index is 5.38. The van der Waals surface area contributed by atoms with Crippen LogP contribution in [0.4, 0.5) is 0 Å². The first-order valence-corrected chi connectivity index (χ1v) is 6.58. The van der Waals surface area contributed by atoms with Crippen molar-refractivity contribution in [3.05, 3.63) is 51.4 Å². The minimum absolute atomic E-state index is 0.308. The van der Waals surface area contributed by atoms with Gasteiger partial charge in [0.05, 0.1) is 0 Å². The fraction of sp³-hybridized carbons (Fsp3) is 0.0714. The molecule has 18 heavy (non-hydrogen) atoms. The molecule has 1 aromatic carbocycles. The molecule has 1 aliphatic rings. The zero-order valence-electron chi connectivity index (χ0n) is 9.47. The first-order chi connectivity index (χ1) is 8.83. The summed E-state index contributed by atoms with van der Waals surface area (Å²) in [5, 5.41) is 0. The average molecular weight is 351 g/mol. The van der Waals surface area contributed by atoms with Crippen LogP contribution in [0.5, 0.6) is 11.5 Å². The standard InChI is InChI=1S/C14H10INO2/c15-12-8-14-13(17-9-18-14)7-11(12)2-1-10-3-5-16-6-4-10/h1-8H,9H2/b2-1-. The van der Waals surface area contributed by atoms with Crippen LogP contribution in [0.3, 0.4) is 0 Å². The van der Waals surface area contributed by atoms with Crippen LogP contribution < -0.4 is 9.47 Å². The quantitative estimate of drug-likeness (QED) is 0.775. The number of nitrogens with zero attached hydrogens (tertiary/aromatic N) is 1. The molecule has 0 saturated heterocycles. The molecule has 1 aliphatic heterocycles. The van der Waals surface area contributed by atoms with E-state index in [4.69, 9.17) is 9.47 Å². The summed E-state index contributed by atoms with van der Waals surface area (Å²) in [5.74, 6) is 1.63. The molecule has 3 rings (SSSR count). The number of rotatable bonds is 2. The summed E-state index contributed by atoms with van der Waals surface area (Å²) < 4.78 is 11.9. The van der Waals surface area contributed by atoms with Crippen LogP contribution in [-0.2, 0) is 0 Å². The molecule has 90 valence electrons. The maximum atomic E-state index is 5.38. The highest BCUT2D eigenvalue weighted by Crippen LogP contribution is 2.35. The van der Waals surface area contributed by atoms with Gasteiger partial charge < -0.3 is 9.47 Å². The fourth-order valence-corrected chi connectivity index (χ4v) is 2.34. The van der Waals surface area contributed by atoms with E-state index >= 15 is 0 Å². The molecule has 1 aromatic heterocycles. The van der Waals surface area contributed by atoms with Crippen molar-refractivity contribution >= 4 is 34.7 Å². The second-order valence-corrected chi connectivity index (χ2v) is 5.00.